The zero-order chi connectivity index (χ0) is 15.9. The van der Waals surface area contributed by atoms with Crippen LogP contribution in [0.3, 0.4) is 0 Å². The third kappa shape index (κ3) is 2.18. The molecule has 0 amide bonds. The Morgan fingerprint density at radius 1 is 0.682 bits per heavy atom. The summed E-state index contributed by atoms with van der Waals surface area (Å²) in [4.78, 5) is 34.8. The lowest BCUT2D eigenvalue weighted by Crippen LogP contribution is -2.03. The van der Waals surface area contributed by atoms with E-state index in [2.05, 4.69) is 0 Å². The molecule has 0 aliphatic heterocycles. The molecule has 2 N–H and O–H groups in total. The summed E-state index contributed by atoms with van der Waals surface area (Å²) in [6.45, 7) is 0. The number of carboxylic acid groups (broad SMARTS) is 2. The fraction of sp³-hybridized carbons (Fsp3) is 0. The van der Waals surface area contributed by atoms with Crippen LogP contribution in [0.5, 0.6) is 0 Å². The molecule has 108 valence electrons. The summed E-state index contributed by atoms with van der Waals surface area (Å²) < 4.78 is 0. The highest BCUT2D eigenvalue weighted by Gasteiger charge is 2.09. The lowest BCUT2D eigenvalue weighted by molar-refractivity contribution is 0.0686. The molecular formula is C17H10O5. The van der Waals surface area contributed by atoms with Crippen molar-refractivity contribution in [3.05, 3.63) is 69.9 Å². The van der Waals surface area contributed by atoms with Crippen LogP contribution in [-0.2, 0) is 0 Å². The van der Waals surface area contributed by atoms with E-state index in [0.717, 1.165) is 0 Å². The molecule has 3 aromatic rings. The van der Waals surface area contributed by atoms with Crippen LogP contribution < -0.4 is 5.43 Å². The van der Waals surface area contributed by atoms with Gasteiger partial charge in [0.15, 0.2) is 5.43 Å². The fourth-order valence-corrected chi connectivity index (χ4v) is 2.39. The van der Waals surface area contributed by atoms with Crippen LogP contribution in [0.15, 0.2) is 53.3 Å². The topological polar surface area (TPSA) is 91.7 Å². The van der Waals surface area contributed by atoms with Crippen molar-refractivity contribution in [2.45, 2.75) is 0 Å². The third-order valence-electron chi connectivity index (χ3n) is 3.53. The molecule has 0 radical (unpaired) electrons. The maximum Gasteiger partial charge on any atom is 0.335 e. The van der Waals surface area contributed by atoms with Gasteiger partial charge in [-0.3, -0.25) is 4.79 Å². The van der Waals surface area contributed by atoms with Gasteiger partial charge in [-0.05, 0) is 35.0 Å². The highest BCUT2D eigenvalue weighted by molar-refractivity contribution is 6.00. The second-order valence-electron chi connectivity index (χ2n) is 4.88. The van der Waals surface area contributed by atoms with Gasteiger partial charge < -0.3 is 10.2 Å². The Morgan fingerprint density at radius 3 is 1.41 bits per heavy atom. The molecule has 0 aromatic heterocycles. The van der Waals surface area contributed by atoms with E-state index in [0.29, 0.717) is 10.8 Å². The monoisotopic (exact) mass is 294 g/mol. The van der Waals surface area contributed by atoms with Crippen LogP contribution in [0.4, 0.5) is 0 Å². The van der Waals surface area contributed by atoms with Gasteiger partial charge in [-0.2, -0.15) is 0 Å². The summed E-state index contributed by atoms with van der Waals surface area (Å²) >= 11 is 0. The maximum absolute atomic E-state index is 12.7. The van der Waals surface area contributed by atoms with E-state index in [-0.39, 0.29) is 27.3 Å². The average Bonchev–Trinajstić information content (AvgIpc) is 2.64. The van der Waals surface area contributed by atoms with E-state index in [9.17, 15) is 14.4 Å². The SMILES string of the molecule is O=C(O)c1ccc2ccc3ccc(C(=O)O)cc3c(=O)c2c1. The van der Waals surface area contributed by atoms with E-state index in [1.165, 1.54) is 24.3 Å². The Labute approximate surface area is 124 Å². The molecule has 3 aromatic carbocycles. The number of carboxylic acids is 2. The van der Waals surface area contributed by atoms with Gasteiger partial charge >= 0.3 is 11.9 Å². The summed E-state index contributed by atoms with van der Waals surface area (Å²) in [5, 5.41) is 19.8. The van der Waals surface area contributed by atoms with Gasteiger partial charge in [0.25, 0.3) is 0 Å². The summed E-state index contributed by atoms with van der Waals surface area (Å²) in [6, 6.07) is 12.0. The molecule has 0 aliphatic carbocycles. The van der Waals surface area contributed by atoms with Gasteiger partial charge in [-0.15, -0.1) is 0 Å². The molecule has 5 heteroatoms. The van der Waals surface area contributed by atoms with Crippen LogP contribution in [0.1, 0.15) is 20.7 Å². The minimum atomic E-state index is -1.12. The normalized spacial score (nSPS) is 10.7. The maximum atomic E-state index is 12.7. The van der Waals surface area contributed by atoms with Crippen molar-refractivity contribution in [2.24, 2.45) is 0 Å². The molecule has 5 nitrogen and oxygen atoms in total. The number of benzene rings is 2. The predicted octanol–water partition coefficient (Wildman–Crippen LogP) is 2.75. The smallest absolute Gasteiger partial charge is 0.335 e. The van der Waals surface area contributed by atoms with Crippen LogP contribution in [0.2, 0.25) is 0 Å². The zero-order valence-electron chi connectivity index (χ0n) is 11.2. The van der Waals surface area contributed by atoms with Gasteiger partial charge in [0.1, 0.15) is 0 Å². The first-order valence-corrected chi connectivity index (χ1v) is 6.45. The Balaban J connectivity index is 2.48. The first kappa shape index (κ1) is 13.8. The Bertz CT molecular complexity index is 925. The standard InChI is InChI=1S/C17H10O5/c18-15-13-7-11(16(19)20)5-3-9(13)1-2-10-4-6-12(17(21)22)8-14(10)15/h1-8H,(H,19,20)(H,21,22). The zero-order valence-corrected chi connectivity index (χ0v) is 11.2. The lowest BCUT2D eigenvalue weighted by Gasteiger charge is -1.97. The van der Waals surface area contributed by atoms with E-state index in [1.54, 1.807) is 24.3 Å². The molecule has 0 bridgehead atoms. The molecule has 3 rings (SSSR count). The predicted molar refractivity (Wildman–Crippen MR) is 81.6 cm³/mol. The molecule has 0 saturated carbocycles. The molecule has 0 atom stereocenters. The molecule has 0 aliphatic rings. The third-order valence-corrected chi connectivity index (χ3v) is 3.53. The van der Waals surface area contributed by atoms with Gasteiger partial charge in [-0.1, -0.05) is 24.3 Å². The second kappa shape index (κ2) is 4.96. The summed E-state index contributed by atoms with van der Waals surface area (Å²) in [5.41, 5.74) is -0.363. The van der Waals surface area contributed by atoms with E-state index in [4.69, 9.17) is 10.2 Å². The average molecular weight is 294 g/mol. The van der Waals surface area contributed by atoms with Crippen molar-refractivity contribution in [3.8, 4) is 0 Å². The van der Waals surface area contributed by atoms with Crippen LogP contribution in [0, 0.1) is 0 Å². The van der Waals surface area contributed by atoms with Crippen molar-refractivity contribution in [1.29, 1.82) is 0 Å². The van der Waals surface area contributed by atoms with Crippen molar-refractivity contribution < 1.29 is 19.8 Å². The fourth-order valence-electron chi connectivity index (χ4n) is 2.39. The van der Waals surface area contributed by atoms with E-state index < -0.39 is 11.9 Å². The van der Waals surface area contributed by atoms with Gasteiger partial charge in [0.05, 0.1) is 11.1 Å². The van der Waals surface area contributed by atoms with Crippen molar-refractivity contribution in [2.75, 3.05) is 0 Å². The minimum absolute atomic E-state index is 0.0124. The van der Waals surface area contributed by atoms with Crippen molar-refractivity contribution >= 4 is 33.5 Å². The number of carbonyl (C=O) groups is 2. The highest BCUT2D eigenvalue weighted by atomic mass is 16.4. The van der Waals surface area contributed by atoms with Gasteiger partial charge in [-0.25, -0.2) is 9.59 Å². The van der Waals surface area contributed by atoms with Crippen LogP contribution in [0.25, 0.3) is 21.5 Å². The number of aromatic carboxylic acids is 2. The number of hydrogen-bond acceptors (Lipinski definition) is 3. The number of fused-ring (bicyclic) bond motifs is 2. The molecule has 0 saturated heterocycles. The van der Waals surface area contributed by atoms with Gasteiger partial charge in [0.2, 0.25) is 0 Å². The van der Waals surface area contributed by atoms with Crippen LogP contribution in [-0.4, -0.2) is 22.2 Å². The quantitative estimate of drug-likeness (QED) is 0.758. The highest BCUT2D eigenvalue weighted by Crippen LogP contribution is 2.18. The summed E-state index contributed by atoms with van der Waals surface area (Å²) in [5.74, 6) is -2.24. The Hall–Kier alpha value is -3.21. The first-order valence-electron chi connectivity index (χ1n) is 6.45. The minimum Gasteiger partial charge on any atom is -0.478 e. The van der Waals surface area contributed by atoms with E-state index >= 15 is 0 Å². The van der Waals surface area contributed by atoms with Crippen molar-refractivity contribution in [1.82, 2.24) is 0 Å². The summed E-state index contributed by atoms with van der Waals surface area (Å²) in [6.07, 6.45) is 0. The molecule has 0 spiro atoms. The van der Waals surface area contributed by atoms with Gasteiger partial charge in [0, 0.05) is 10.8 Å². The lowest BCUT2D eigenvalue weighted by atomic mass is 10.1. The molecule has 0 unspecified atom stereocenters. The Morgan fingerprint density at radius 2 is 1.05 bits per heavy atom. The van der Waals surface area contributed by atoms with Crippen molar-refractivity contribution in [3.63, 3.8) is 0 Å². The number of rotatable bonds is 2. The molecular weight excluding hydrogens is 284 g/mol. The molecule has 0 fully saturated rings. The first-order chi connectivity index (χ1) is 10.5. The Kier molecular flexibility index (Phi) is 3.10. The second-order valence-corrected chi connectivity index (χ2v) is 4.88. The molecule has 0 heterocycles. The largest absolute Gasteiger partial charge is 0.478 e. The van der Waals surface area contributed by atoms with Crippen LogP contribution >= 0.6 is 0 Å². The summed E-state index contributed by atoms with van der Waals surface area (Å²) in [7, 11) is 0. The molecule has 22 heavy (non-hydrogen) atoms. The number of hydrogen-bond donors (Lipinski definition) is 2. The van der Waals surface area contributed by atoms with E-state index in [1.807, 2.05) is 0 Å².